The highest BCUT2D eigenvalue weighted by Gasteiger charge is 2.38. The van der Waals surface area contributed by atoms with Gasteiger partial charge in [0.15, 0.2) is 5.78 Å². The number of hydrogen-bond donors (Lipinski definition) is 1. The van der Waals surface area contributed by atoms with Gasteiger partial charge in [0.25, 0.3) is 5.56 Å². The first-order chi connectivity index (χ1) is 19.4. The maximum Gasteiger partial charge on any atom is 0.255 e. The highest BCUT2D eigenvalue weighted by molar-refractivity contribution is 7.93. The number of hydrogen-bond acceptors (Lipinski definition) is 8. The first kappa shape index (κ1) is 28.7. The normalized spacial score (nSPS) is 17.1. The number of carbonyl (C=O) groups excluding carboxylic acids is 1. The van der Waals surface area contributed by atoms with Crippen molar-refractivity contribution in [3.63, 3.8) is 0 Å². The fourth-order valence-corrected chi connectivity index (χ4v) is 6.76. The van der Waals surface area contributed by atoms with Crippen LogP contribution in [0.15, 0.2) is 35.4 Å². The van der Waals surface area contributed by atoms with Gasteiger partial charge < -0.3 is 14.6 Å². The average molecular weight is 584 g/mol. The van der Waals surface area contributed by atoms with Gasteiger partial charge >= 0.3 is 0 Å². The van der Waals surface area contributed by atoms with E-state index in [9.17, 15) is 22.4 Å². The number of aryl methyl sites for hydroxylation is 1. The van der Waals surface area contributed by atoms with Crippen LogP contribution < -0.4 is 19.5 Å². The molecular weight excluding hydrogens is 549 g/mol. The summed E-state index contributed by atoms with van der Waals surface area (Å²) in [7, 11) is -2.19. The Bertz CT molecular complexity index is 1650. The molecule has 0 amide bonds. The minimum Gasteiger partial charge on any atom is -0.496 e. The van der Waals surface area contributed by atoms with Crippen molar-refractivity contribution in [1.82, 2.24) is 15.0 Å². The largest absolute Gasteiger partial charge is 0.496 e. The molecule has 5 rings (SSSR count). The predicted molar refractivity (Wildman–Crippen MR) is 155 cm³/mol. The summed E-state index contributed by atoms with van der Waals surface area (Å²) in [5.41, 5.74) is 3.44. The Balaban J connectivity index is 1.55. The van der Waals surface area contributed by atoms with E-state index < -0.39 is 21.4 Å². The Morgan fingerprint density at radius 1 is 1.15 bits per heavy atom. The van der Waals surface area contributed by atoms with Crippen LogP contribution in [-0.4, -0.2) is 67.3 Å². The van der Waals surface area contributed by atoms with Crippen LogP contribution in [-0.2, 0) is 16.4 Å². The number of pyridine rings is 1. The van der Waals surface area contributed by atoms with Gasteiger partial charge in [-0.15, -0.1) is 0 Å². The molecule has 218 valence electrons. The number of nitrogens with zero attached hydrogens (tertiary/aromatic N) is 4. The maximum atomic E-state index is 13.8. The number of alkyl halides is 1. The number of ether oxygens (including phenoxy) is 1. The fourth-order valence-electron chi connectivity index (χ4n) is 5.39. The van der Waals surface area contributed by atoms with Crippen molar-refractivity contribution in [3.8, 4) is 16.9 Å². The number of aromatic amines is 1. The quantitative estimate of drug-likeness (QED) is 0.377. The monoisotopic (exact) mass is 583 g/mol. The van der Waals surface area contributed by atoms with Crippen LogP contribution in [0, 0.1) is 6.92 Å². The summed E-state index contributed by atoms with van der Waals surface area (Å²) >= 11 is 0. The van der Waals surface area contributed by atoms with Crippen molar-refractivity contribution >= 4 is 27.4 Å². The smallest absolute Gasteiger partial charge is 0.255 e. The average Bonchev–Trinajstić information content (AvgIpc) is 3.26. The molecule has 1 atom stereocenters. The zero-order valence-corrected chi connectivity index (χ0v) is 24.6. The van der Waals surface area contributed by atoms with Crippen LogP contribution in [0.1, 0.15) is 60.3 Å². The number of carbonyl (C=O) groups is 1. The lowest BCUT2D eigenvalue weighted by atomic mass is 9.90. The summed E-state index contributed by atoms with van der Waals surface area (Å²) in [5.74, 6) is 0.393. The molecule has 1 saturated heterocycles. The number of benzene rings is 1. The van der Waals surface area contributed by atoms with Crippen molar-refractivity contribution < 1.29 is 22.3 Å². The number of nitrogens with one attached hydrogen (secondary N) is 1. The van der Waals surface area contributed by atoms with Gasteiger partial charge in [0.2, 0.25) is 16.0 Å². The molecule has 0 radical (unpaired) electrons. The van der Waals surface area contributed by atoms with Crippen molar-refractivity contribution in [2.45, 2.75) is 57.9 Å². The molecule has 4 heterocycles. The van der Waals surface area contributed by atoms with E-state index in [0.717, 1.165) is 0 Å². The van der Waals surface area contributed by atoms with Crippen LogP contribution in [0.5, 0.6) is 5.75 Å². The second-order valence-electron chi connectivity index (χ2n) is 11.0. The van der Waals surface area contributed by atoms with E-state index in [1.54, 1.807) is 56.3 Å². The van der Waals surface area contributed by atoms with Crippen molar-refractivity contribution in [1.29, 1.82) is 0 Å². The minimum absolute atomic E-state index is 0.0246. The summed E-state index contributed by atoms with van der Waals surface area (Å²) in [6, 6.07) is 5.23. The van der Waals surface area contributed by atoms with E-state index in [2.05, 4.69) is 15.0 Å². The lowest BCUT2D eigenvalue weighted by molar-refractivity contribution is 0.0981. The molecule has 0 saturated carbocycles. The summed E-state index contributed by atoms with van der Waals surface area (Å²) in [6.45, 7) is 7.62. The number of aromatic nitrogens is 3. The third kappa shape index (κ3) is 5.32. The number of ketones is 1. The van der Waals surface area contributed by atoms with Gasteiger partial charge in [-0.3, -0.25) is 13.9 Å². The maximum absolute atomic E-state index is 13.8. The fraction of sp³-hybridized carbons (Fsp3) is 0.448. The predicted octanol–water partition coefficient (Wildman–Crippen LogP) is 3.78. The summed E-state index contributed by atoms with van der Waals surface area (Å²) in [4.78, 5) is 39.7. The van der Waals surface area contributed by atoms with Crippen molar-refractivity contribution in [2.24, 2.45) is 0 Å². The lowest BCUT2D eigenvalue weighted by Gasteiger charge is -2.34. The molecule has 0 spiro atoms. The van der Waals surface area contributed by atoms with Gasteiger partial charge in [-0.1, -0.05) is 6.92 Å². The Labute approximate surface area is 238 Å². The first-order valence-electron chi connectivity index (χ1n) is 13.6. The van der Waals surface area contributed by atoms with E-state index in [0.29, 0.717) is 50.9 Å². The Morgan fingerprint density at radius 2 is 1.83 bits per heavy atom. The summed E-state index contributed by atoms with van der Waals surface area (Å²) < 4.78 is 46.7. The van der Waals surface area contributed by atoms with Gasteiger partial charge in [-0.25, -0.2) is 22.8 Å². The molecule has 12 heteroatoms. The molecule has 41 heavy (non-hydrogen) atoms. The van der Waals surface area contributed by atoms with Crippen molar-refractivity contribution in [2.75, 3.05) is 35.9 Å². The van der Waals surface area contributed by atoms with Gasteiger partial charge in [-0.2, -0.15) is 0 Å². The first-order valence-corrected chi connectivity index (χ1v) is 15.1. The van der Waals surface area contributed by atoms with E-state index >= 15 is 0 Å². The van der Waals surface area contributed by atoms with E-state index in [1.165, 1.54) is 11.4 Å². The second kappa shape index (κ2) is 10.9. The van der Waals surface area contributed by atoms with Crippen LogP contribution >= 0.6 is 0 Å². The summed E-state index contributed by atoms with van der Waals surface area (Å²) in [5, 5.41) is -0.650. The number of Topliss-reactive ketones (excluding diaryl/α,β-unsaturated/α-hetero) is 1. The zero-order valence-electron chi connectivity index (χ0n) is 23.8. The lowest BCUT2D eigenvalue weighted by Crippen LogP contribution is -2.49. The molecule has 2 aromatic heterocycles. The van der Waals surface area contributed by atoms with E-state index in [4.69, 9.17) is 4.74 Å². The molecule has 3 aromatic rings. The Hall–Kier alpha value is -3.80. The summed E-state index contributed by atoms with van der Waals surface area (Å²) in [6.07, 6.45) is 2.48. The van der Waals surface area contributed by atoms with Gasteiger partial charge in [0.1, 0.15) is 11.9 Å². The van der Waals surface area contributed by atoms with Gasteiger partial charge in [-0.05, 0) is 56.5 Å². The number of sulfonamides is 1. The molecule has 0 aliphatic carbocycles. The number of H-pyrrole nitrogens is 1. The highest BCUT2D eigenvalue weighted by Crippen LogP contribution is 2.44. The van der Waals surface area contributed by atoms with E-state index in [-0.39, 0.29) is 49.7 Å². The molecule has 2 aliphatic rings. The molecular formula is C29H34FN5O5S. The van der Waals surface area contributed by atoms with E-state index in [1.807, 2.05) is 6.92 Å². The third-order valence-corrected chi connectivity index (χ3v) is 9.86. The Morgan fingerprint density at radius 3 is 2.44 bits per heavy atom. The number of rotatable bonds is 9. The van der Waals surface area contributed by atoms with Gasteiger partial charge in [0, 0.05) is 48.1 Å². The van der Waals surface area contributed by atoms with Crippen LogP contribution in [0.2, 0.25) is 0 Å². The molecule has 1 N–H and O–H groups in total. The number of halogens is 1. The molecule has 10 nitrogen and oxygen atoms in total. The molecule has 0 bridgehead atoms. The standard InChI is InChI=1S/C29H34FN5O5S/c1-16(2)41(38,39)35-13-17(3)27-23(25(36)7-6-22-26(40-5)8-18(4)33-28(22)37)9-19(10-24(27)35)20-11-31-29(32-12-20)34-14-21(30)15-34/h8-12,16-17,21H,6-7,13-15H2,1-5H3,(H,33,37). The molecule has 1 aromatic carbocycles. The molecule has 1 unspecified atom stereocenters. The SMILES string of the molecule is COc1cc(C)[nH]c(=O)c1CCC(=O)c1cc(-c2cnc(N3CC(F)C3)nc2)cc2c1C(C)CN2S(=O)(=O)C(C)C. The number of methoxy groups -OCH3 is 1. The highest BCUT2D eigenvalue weighted by atomic mass is 32.2. The third-order valence-electron chi connectivity index (χ3n) is 7.71. The number of fused-ring (bicyclic) bond motifs is 1. The zero-order chi connectivity index (χ0) is 29.6. The molecule has 2 aliphatic heterocycles. The van der Waals surface area contributed by atoms with Crippen LogP contribution in [0.3, 0.4) is 0 Å². The molecule has 1 fully saturated rings. The van der Waals surface area contributed by atoms with Crippen molar-refractivity contribution in [3.05, 3.63) is 63.3 Å². The minimum atomic E-state index is -3.67. The van der Waals surface area contributed by atoms with Crippen LogP contribution in [0.25, 0.3) is 11.1 Å². The number of anilines is 2. The Kier molecular flexibility index (Phi) is 7.62. The topological polar surface area (TPSA) is 126 Å². The second-order valence-corrected chi connectivity index (χ2v) is 13.4. The van der Waals surface area contributed by atoms with Gasteiger partial charge in [0.05, 0.1) is 36.7 Å². The van der Waals surface area contributed by atoms with Crippen LogP contribution in [0.4, 0.5) is 16.0 Å².